The minimum Gasteiger partial charge on any atom is -0.497 e. The highest BCUT2D eigenvalue weighted by Gasteiger charge is 2.13. The lowest BCUT2D eigenvalue weighted by Gasteiger charge is -2.01. The summed E-state index contributed by atoms with van der Waals surface area (Å²) in [5.41, 5.74) is 0.0421. The van der Waals surface area contributed by atoms with Crippen LogP contribution in [0.5, 0.6) is 5.75 Å². The molecule has 0 N–H and O–H groups in total. The molecular formula is C14H13NO4. The third-order valence-corrected chi connectivity index (χ3v) is 2.27. The predicted octanol–water partition coefficient (Wildman–Crippen LogP) is 1.89. The van der Waals surface area contributed by atoms with Crippen molar-refractivity contribution in [3.63, 3.8) is 0 Å². The average Bonchev–Trinajstić information content (AvgIpc) is 2.44. The van der Waals surface area contributed by atoms with Crippen molar-refractivity contribution in [2.45, 2.75) is 6.92 Å². The number of nitriles is 1. The molecule has 19 heavy (non-hydrogen) atoms. The van der Waals surface area contributed by atoms with E-state index in [4.69, 9.17) is 10.00 Å². The van der Waals surface area contributed by atoms with E-state index in [0.29, 0.717) is 11.3 Å². The van der Waals surface area contributed by atoms with Gasteiger partial charge in [-0.3, -0.25) is 4.79 Å². The summed E-state index contributed by atoms with van der Waals surface area (Å²) in [6.45, 7) is 1.77. The molecule has 0 heterocycles. The molecule has 0 bridgehead atoms. The van der Waals surface area contributed by atoms with Crippen molar-refractivity contribution < 1.29 is 19.1 Å². The quantitative estimate of drug-likeness (QED) is 0.349. The van der Waals surface area contributed by atoms with E-state index in [1.807, 2.05) is 0 Å². The number of hydrogen-bond acceptors (Lipinski definition) is 5. The maximum Gasteiger partial charge on any atom is 0.349 e. The van der Waals surface area contributed by atoms with Crippen LogP contribution in [0.25, 0.3) is 0 Å². The Morgan fingerprint density at radius 2 is 1.95 bits per heavy atom. The minimum atomic E-state index is -0.799. The summed E-state index contributed by atoms with van der Waals surface area (Å²) in [7, 11) is 1.52. The number of hydrogen-bond donors (Lipinski definition) is 0. The monoisotopic (exact) mass is 259 g/mol. The van der Waals surface area contributed by atoms with E-state index in [0.717, 1.165) is 6.08 Å². The maximum absolute atomic E-state index is 11.8. The fourth-order valence-electron chi connectivity index (χ4n) is 1.32. The van der Waals surface area contributed by atoms with Crippen molar-refractivity contribution in [1.29, 1.82) is 5.26 Å². The smallest absolute Gasteiger partial charge is 0.349 e. The first-order valence-electron chi connectivity index (χ1n) is 5.59. The van der Waals surface area contributed by atoms with E-state index >= 15 is 0 Å². The highest BCUT2D eigenvalue weighted by atomic mass is 16.5. The van der Waals surface area contributed by atoms with E-state index in [1.165, 1.54) is 7.11 Å². The predicted molar refractivity (Wildman–Crippen MR) is 67.7 cm³/mol. The van der Waals surface area contributed by atoms with Gasteiger partial charge < -0.3 is 9.47 Å². The third kappa shape index (κ3) is 3.96. The summed E-state index contributed by atoms with van der Waals surface area (Å²) in [4.78, 5) is 23.2. The normalized spacial score (nSPS) is 10.5. The van der Waals surface area contributed by atoms with Gasteiger partial charge in [0.15, 0.2) is 5.78 Å². The number of nitrogens with zero attached hydrogens (tertiary/aromatic N) is 1. The Bertz CT molecular complexity index is 538. The fourth-order valence-corrected chi connectivity index (χ4v) is 1.32. The summed E-state index contributed by atoms with van der Waals surface area (Å²) in [6, 6.07) is 8.00. The molecule has 0 saturated carbocycles. The molecule has 1 rings (SSSR count). The molecule has 0 amide bonds. The van der Waals surface area contributed by atoms with Gasteiger partial charge in [0.1, 0.15) is 17.4 Å². The number of ketones is 1. The first kappa shape index (κ1) is 14.5. The number of benzene rings is 1. The van der Waals surface area contributed by atoms with Gasteiger partial charge in [-0.2, -0.15) is 5.26 Å². The van der Waals surface area contributed by atoms with Gasteiger partial charge in [0.05, 0.1) is 13.7 Å². The second-order valence-corrected chi connectivity index (χ2v) is 3.48. The molecule has 0 aromatic heterocycles. The van der Waals surface area contributed by atoms with Crippen LogP contribution < -0.4 is 4.74 Å². The topological polar surface area (TPSA) is 76.4 Å². The van der Waals surface area contributed by atoms with Crippen molar-refractivity contribution in [1.82, 2.24) is 0 Å². The molecule has 5 nitrogen and oxygen atoms in total. The third-order valence-electron chi connectivity index (χ3n) is 2.27. The highest BCUT2D eigenvalue weighted by molar-refractivity contribution is 6.10. The van der Waals surface area contributed by atoms with E-state index in [9.17, 15) is 9.59 Å². The van der Waals surface area contributed by atoms with Gasteiger partial charge in [0, 0.05) is 11.6 Å². The van der Waals surface area contributed by atoms with Crippen LogP contribution in [-0.2, 0) is 9.53 Å². The van der Waals surface area contributed by atoms with Gasteiger partial charge in [0.2, 0.25) is 0 Å². The number of carbonyl (C=O) groups excluding carboxylic acids is 2. The molecule has 98 valence electrons. The standard InChI is InChI=1S/C14H13NO4/c1-3-19-14(17)11(9-15)8-13(16)10-4-6-12(18-2)7-5-10/h4-8H,3H2,1-2H3/b11-8+. The van der Waals surface area contributed by atoms with Gasteiger partial charge in [-0.25, -0.2) is 4.79 Å². The summed E-state index contributed by atoms with van der Waals surface area (Å²) >= 11 is 0. The lowest BCUT2D eigenvalue weighted by Crippen LogP contribution is -2.08. The van der Waals surface area contributed by atoms with E-state index in [-0.39, 0.29) is 12.2 Å². The van der Waals surface area contributed by atoms with Gasteiger partial charge in [-0.05, 0) is 31.2 Å². The van der Waals surface area contributed by atoms with Crippen molar-refractivity contribution in [3.8, 4) is 11.8 Å². The largest absolute Gasteiger partial charge is 0.497 e. The lowest BCUT2D eigenvalue weighted by molar-refractivity contribution is -0.138. The first-order valence-corrected chi connectivity index (χ1v) is 5.59. The molecule has 0 fully saturated rings. The highest BCUT2D eigenvalue weighted by Crippen LogP contribution is 2.12. The molecule has 0 spiro atoms. The maximum atomic E-state index is 11.8. The lowest BCUT2D eigenvalue weighted by atomic mass is 10.1. The number of esters is 1. The molecule has 0 unspecified atom stereocenters. The molecule has 5 heteroatoms. The molecule has 0 radical (unpaired) electrons. The first-order chi connectivity index (χ1) is 9.12. The SMILES string of the molecule is CCOC(=O)/C(C#N)=C/C(=O)c1ccc(OC)cc1. The Balaban J connectivity index is 2.92. The second-order valence-electron chi connectivity index (χ2n) is 3.48. The summed E-state index contributed by atoms with van der Waals surface area (Å²) in [5.74, 6) is -0.620. The Morgan fingerprint density at radius 3 is 2.42 bits per heavy atom. The number of methoxy groups -OCH3 is 1. The van der Waals surface area contributed by atoms with Crippen molar-refractivity contribution in [3.05, 3.63) is 41.5 Å². The number of carbonyl (C=O) groups is 2. The van der Waals surface area contributed by atoms with Crippen molar-refractivity contribution in [2.24, 2.45) is 0 Å². The number of allylic oxidation sites excluding steroid dienone is 1. The Hall–Kier alpha value is -2.61. The zero-order valence-electron chi connectivity index (χ0n) is 10.7. The zero-order valence-corrected chi connectivity index (χ0v) is 10.7. The Kier molecular flexibility index (Phi) is 5.30. The van der Waals surface area contributed by atoms with Gasteiger partial charge in [-0.1, -0.05) is 0 Å². The van der Waals surface area contributed by atoms with E-state index in [1.54, 1.807) is 37.3 Å². The van der Waals surface area contributed by atoms with Crippen LogP contribution in [0.15, 0.2) is 35.9 Å². The zero-order chi connectivity index (χ0) is 14.3. The summed E-state index contributed by atoms with van der Waals surface area (Å²) in [5, 5.41) is 8.81. The van der Waals surface area contributed by atoms with Crippen molar-refractivity contribution >= 4 is 11.8 Å². The van der Waals surface area contributed by atoms with Crippen molar-refractivity contribution in [2.75, 3.05) is 13.7 Å². The van der Waals surface area contributed by atoms with E-state index in [2.05, 4.69) is 4.74 Å². The molecule has 0 saturated heterocycles. The summed E-state index contributed by atoms with van der Waals surface area (Å²) < 4.78 is 9.63. The van der Waals surface area contributed by atoms with Crippen LogP contribution in [0.2, 0.25) is 0 Å². The van der Waals surface area contributed by atoms with Gasteiger partial charge in [-0.15, -0.1) is 0 Å². The van der Waals surface area contributed by atoms with Crippen LogP contribution in [0.1, 0.15) is 17.3 Å². The Morgan fingerprint density at radius 1 is 1.32 bits per heavy atom. The molecular weight excluding hydrogens is 246 g/mol. The molecule has 1 aromatic carbocycles. The van der Waals surface area contributed by atoms with Gasteiger partial charge in [0.25, 0.3) is 0 Å². The molecule has 1 aromatic rings. The fraction of sp³-hybridized carbons (Fsp3) is 0.214. The van der Waals surface area contributed by atoms with Gasteiger partial charge >= 0.3 is 5.97 Å². The molecule has 0 aliphatic rings. The van der Waals surface area contributed by atoms with Crippen LogP contribution in [0.4, 0.5) is 0 Å². The molecule has 0 aliphatic carbocycles. The van der Waals surface area contributed by atoms with Crippen LogP contribution >= 0.6 is 0 Å². The van der Waals surface area contributed by atoms with Crippen LogP contribution in [0, 0.1) is 11.3 Å². The molecule has 0 atom stereocenters. The number of ether oxygens (including phenoxy) is 2. The summed E-state index contributed by atoms with van der Waals surface area (Å²) in [6.07, 6.45) is 0.972. The Labute approximate surface area is 111 Å². The minimum absolute atomic E-state index is 0.147. The number of rotatable bonds is 5. The average molecular weight is 259 g/mol. The van der Waals surface area contributed by atoms with E-state index < -0.39 is 11.8 Å². The second kappa shape index (κ2) is 6.97. The van der Waals surface area contributed by atoms with Crippen LogP contribution in [-0.4, -0.2) is 25.5 Å². The molecule has 0 aliphatic heterocycles. The van der Waals surface area contributed by atoms with Crippen LogP contribution in [0.3, 0.4) is 0 Å².